The van der Waals surface area contributed by atoms with Crippen LogP contribution in [0.1, 0.15) is 10.4 Å². The number of hydrogen-bond donors (Lipinski definition) is 2. The fraction of sp³-hybridized carbons (Fsp3) is 0. The Labute approximate surface area is 208 Å². The minimum absolute atomic E-state index is 0.0652. The monoisotopic (exact) mass is 519 g/mol. The molecule has 3 amide bonds. The highest BCUT2D eigenvalue weighted by atomic mass is 35.5. The van der Waals surface area contributed by atoms with Gasteiger partial charge in [0.25, 0.3) is 17.7 Å². The number of carbonyl (C=O) groups excluding carboxylic acids is 3. The molecule has 1 aliphatic rings. The van der Waals surface area contributed by atoms with Crippen LogP contribution in [0.25, 0.3) is 0 Å². The molecule has 0 unspecified atom stereocenters. The number of amides is 3. The van der Waals surface area contributed by atoms with E-state index in [2.05, 4.69) is 10.6 Å². The third-order valence-corrected chi connectivity index (χ3v) is 6.05. The zero-order valence-corrected chi connectivity index (χ0v) is 19.6. The Morgan fingerprint density at radius 2 is 1.36 bits per heavy atom. The van der Waals surface area contributed by atoms with E-state index in [1.807, 2.05) is 0 Å². The first-order valence-electron chi connectivity index (χ1n) is 9.42. The van der Waals surface area contributed by atoms with E-state index in [0.29, 0.717) is 37.7 Å². The maximum Gasteiger partial charge on any atom is 0.283 e. The molecule has 3 aromatic carbocycles. The van der Waals surface area contributed by atoms with E-state index < -0.39 is 11.8 Å². The van der Waals surface area contributed by atoms with Crippen LogP contribution in [0.2, 0.25) is 15.1 Å². The molecule has 0 saturated heterocycles. The largest absolute Gasteiger partial charge is 0.350 e. The van der Waals surface area contributed by atoms with E-state index in [9.17, 15) is 14.4 Å². The number of benzene rings is 3. The molecule has 0 spiro atoms. The summed E-state index contributed by atoms with van der Waals surface area (Å²) in [6.45, 7) is 0. The third-order valence-electron chi connectivity index (χ3n) is 4.71. The first-order valence-corrected chi connectivity index (χ1v) is 10.9. The van der Waals surface area contributed by atoms with Crippen molar-refractivity contribution in [2.45, 2.75) is 0 Å². The summed E-state index contributed by atoms with van der Waals surface area (Å²) in [5, 5.41) is 6.51. The molecule has 2 N–H and O–H groups in total. The van der Waals surface area contributed by atoms with E-state index in [1.165, 1.54) is 0 Å². The van der Waals surface area contributed by atoms with E-state index in [1.54, 1.807) is 66.7 Å². The van der Waals surface area contributed by atoms with Gasteiger partial charge in [0.15, 0.2) is 0 Å². The van der Waals surface area contributed by atoms with Gasteiger partial charge in [0.1, 0.15) is 10.7 Å². The van der Waals surface area contributed by atoms with Crippen molar-refractivity contribution in [3.05, 3.63) is 98.1 Å². The number of nitrogens with zero attached hydrogens (tertiary/aromatic N) is 1. The Kier molecular flexibility index (Phi) is 6.63. The van der Waals surface area contributed by atoms with Crippen LogP contribution in [0.3, 0.4) is 0 Å². The molecule has 0 radical (unpaired) electrons. The lowest BCUT2D eigenvalue weighted by molar-refractivity contribution is -0.120. The van der Waals surface area contributed by atoms with Gasteiger partial charge in [-0.25, -0.2) is 4.90 Å². The second kappa shape index (κ2) is 9.45. The molecule has 0 fully saturated rings. The standard InChI is InChI=1S/C23H13Cl4N3O3/c24-13-3-8-16(9-4-13)30-22(32)19(27)20(23(30)33)28-14-5-1-12(2-6-14)21(31)29-15-7-10-17(25)18(26)11-15/h1-11,28H,(H,29,31). The van der Waals surface area contributed by atoms with Gasteiger partial charge in [-0.3, -0.25) is 14.4 Å². The van der Waals surface area contributed by atoms with Gasteiger partial charge in [-0.15, -0.1) is 0 Å². The van der Waals surface area contributed by atoms with Crippen LogP contribution in [0.5, 0.6) is 0 Å². The maximum absolute atomic E-state index is 12.8. The molecule has 33 heavy (non-hydrogen) atoms. The van der Waals surface area contributed by atoms with Gasteiger partial charge in [-0.2, -0.15) is 0 Å². The van der Waals surface area contributed by atoms with Gasteiger partial charge in [0, 0.05) is 22.0 Å². The van der Waals surface area contributed by atoms with Gasteiger partial charge in [-0.05, 0) is 66.7 Å². The lowest BCUT2D eigenvalue weighted by atomic mass is 10.2. The predicted octanol–water partition coefficient (Wildman–Crippen LogP) is 6.33. The molecule has 3 aromatic rings. The van der Waals surface area contributed by atoms with Crippen LogP contribution in [0.4, 0.5) is 17.1 Å². The second-order valence-electron chi connectivity index (χ2n) is 6.90. The number of imide groups is 1. The first kappa shape index (κ1) is 23.1. The molecule has 166 valence electrons. The van der Waals surface area contributed by atoms with Gasteiger partial charge in [0.05, 0.1) is 15.7 Å². The van der Waals surface area contributed by atoms with Crippen LogP contribution < -0.4 is 15.5 Å². The highest BCUT2D eigenvalue weighted by molar-refractivity contribution is 6.53. The van der Waals surface area contributed by atoms with Crippen molar-refractivity contribution in [3.63, 3.8) is 0 Å². The van der Waals surface area contributed by atoms with Crippen LogP contribution in [-0.4, -0.2) is 17.7 Å². The van der Waals surface area contributed by atoms with Crippen LogP contribution in [0, 0.1) is 0 Å². The summed E-state index contributed by atoms with van der Waals surface area (Å²) in [5.41, 5.74) is 1.60. The molecule has 0 atom stereocenters. The molecular weight excluding hydrogens is 508 g/mol. The number of anilines is 3. The fourth-order valence-corrected chi connectivity index (χ4v) is 3.70. The summed E-state index contributed by atoms with van der Waals surface area (Å²) in [4.78, 5) is 38.8. The number of nitrogens with one attached hydrogen (secondary N) is 2. The minimum atomic E-state index is -0.649. The normalized spacial score (nSPS) is 13.5. The van der Waals surface area contributed by atoms with Crippen LogP contribution in [0.15, 0.2) is 77.5 Å². The average molecular weight is 521 g/mol. The van der Waals surface area contributed by atoms with Crippen molar-refractivity contribution in [2.75, 3.05) is 15.5 Å². The lowest BCUT2D eigenvalue weighted by Gasteiger charge is -2.15. The van der Waals surface area contributed by atoms with Gasteiger partial charge in [-0.1, -0.05) is 46.4 Å². The van der Waals surface area contributed by atoms with E-state index in [0.717, 1.165) is 4.90 Å². The minimum Gasteiger partial charge on any atom is -0.350 e. The Hall–Kier alpha value is -3.03. The predicted molar refractivity (Wildman–Crippen MR) is 131 cm³/mol. The van der Waals surface area contributed by atoms with E-state index in [4.69, 9.17) is 46.4 Å². The van der Waals surface area contributed by atoms with Gasteiger partial charge < -0.3 is 10.6 Å². The second-order valence-corrected chi connectivity index (χ2v) is 8.53. The lowest BCUT2D eigenvalue weighted by Crippen LogP contribution is -2.32. The maximum atomic E-state index is 12.8. The number of rotatable bonds is 5. The molecule has 1 aliphatic heterocycles. The topological polar surface area (TPSA) is 78.5 Å². The smallest absolute Gasteiger partial charge is 0.283 e. The summed E-state index contributed by atoms with van der Waals surface area (Å²) in [7, 11) is 0. The van der Waals surface area contributed by atoms with Gasteiger partial charge >= 0.3 is 0 Å². The zero-order valence-electron chi connectivity index (χ0n) is 16.5. The van der Waals surface area contributed by atoms with Crippen molar-refractivity contribution in [3.8, 4) is 0 Å². The molecular formula is C23H13Cl4N3O3. The number of carbonyl (C=O) groups is 3. The van der Waals surface area contributed by atoms with Crippen molar-refractivity contribution in [2.24, 2.45) is 0 Å². The molecule has 4 rings (SSSR count). The Morgan fingerprint density at radius 3 is 2.00 bits per heavy atom. The molecule has 10 heteroatoms. The quantitative estimate of drug-likeness (QED) is 0.385. The van der Waals surface area contributed by atoms with Crippen molar-refractivity contribution in [1.82, 2.24) is 0 Å². The Bertz CT molecular complexity index is 1310. The van der Waals surface area contributed by atoms with Crippen LogP contribution >= 0.6 is 46.4 Å². The van der Waals surface area contributed by atoms with Crippen LogP contribution in [-0.2, 0) is 9.59 Å². The highest BCUT2D eigenvalue weighted by Crippen LogP contribution is 2.31. The average Bonchev–Trinajstić information content (AvgIpc) is 3.00. The zero-order chi connectivity index (χ0) is 23.7. The molecule has 0 bridgehead atoms. The summed E-state index contributed by atoms with van der Waals surface area (Å²) in [5.74, 6) is -1.61. The van der Waals surface area contributed by atoms with E-state index >= 15 is 0 Å². The summed E-state index contributed by atoms with van der Waals surface area (Å²) < 4.78 is 0. The summed E-state index contributed by atoms with van der Waals surface area (Å²) in [6.07, 6.45) is 0. The third kappa shape index (κ3) is 4.84. The SMILES string of the molecule is O=C(Nc1ccc(Cl)c(Cl)c1)c1ccc(NC2=C(Cl)C(=O)N(c3ccc(Cl)cc3)C2=O)cc1. The fourth-order valence-electron chi connectivity index (χ4n) is 3.06. The molecule has 0 saturated carbocycles. The molecule has 0 aromatic heterocycles. The summed E-state index contributed by atoms with van der Waals surface area (Å²) >= 11 is 23.9. The van der Waals surface area contributed by atoms with Crippen molar-refractivity contribution < 1.29 is 14.4 Å². The molecule has 1 heterocycles. The van der Waals surface area contributed by atoms with Crippen molar-refractivity contribution >= 4 is 81.2 Å². The summed E-state index contributed by atoms with van der Waals surface area (Å²) in [6, 6.07) is 17.3. The molecule has 0 aliphatic carbocycles. The Balaban J connectivity index is 1.47. The first-order chi connectivity index (χ1) is 15.7. The highest BCUT2D eigenvalue weighted by Gasteiger charge is 2.38. The number of hydrogen-bond acceptors (Lipinski definition) is 4. The Morgan fingerprint density at radius 1 is 0.727 bits per heavy atom. The molecule has 6 nitrogen and oxygen atoms in total. The van der Waals surface area contributed by atoms with Crippen molar-refractivity contribution in [1.29, 1.82) is 0 Å². The van der Waals surface area contributed by atoms with E-state index in [-0.39, 0.29) is 16.6 Å². The number of halogens is 4. The van der Waals surface area contributed by atoms with Gasteiger partial charge in [0.2, 0.25) is 0 Å².